The molecule has 0 aliphatic carbocycles. The summed E-state index contributed by atoms with van der Waals surface area (Å²) in [6.07, 6.45) is 2.65. The second-order valence-electron chi connectivity index (χ2n) is 6.88. The van der Waals surface area contributed by atoms with Gasteiger partial charge in [-0.25, -0.2) is 18.4 Å². The van der Waals surface area contributed by atoms with Crippen LogP contribution in [0.5, 0.6) is 5.75 Å². The second-order valence-corrected chi connectivity index (χ2v) is 8.89. The Morgan fingerprint density at radius 1 is 1.11 bits per heavy atom. The number of ether oxygens (including phenoxy) is 1. The Labute approximate surface area is 159 Å². The number of hydrogen-bond acceptors (Lipinski definition) is 6. The van der Waals surface area contributed by atoms with Crippen LogP contribution in [0.25, 0.3) is 10.9 Å². The van der Waals surface area contributed by atoms with Crippen molar-refractivity contribution >= 4 is 26.6 Å². The van der Waals surface area contributed by atoms with Gasteiger partial charge >= 0.3 is 0 Å². The maximum absolute atomic E-state index is 11.8. The lowest BCUT2D eigenvalue weighted by atomic mass is 10.2. The molecular weight excluding hydrogens is 362 g/mol. The molecule has 1 heterocycles. The van der Waals surface area contributed by atoms with Crippen molar-refractivity contribution in [1.82, 2.24) is 9.97 Å². The number of nitrogens with zero attached hydrogens (tertiary/aromatic N) is 2. The van der Waals surface area contributed by atoms with Gasteiger partial charge in [0.2, 0.25) is 0 Å². The van der Waals surface area contributed by atoms with Gasteiger partial charge in [-0.15, -0.1) is 0 Å². The summed E-state index contributed by atoms with van der Waals surface area (Å²) in [7, 11) is -3.30. The molecule has 2 aromatic carbocycles. The highest BCUT2D eigenvalue weighted by Gasteiger charge is 2.11. The summed E-state index contributed by atoms with van der Waals surface area (Å²) in [4.78, 5) is 8.73. The fraction of sp³-hybridized carbons (Fsp3) is 0.300. The van der Waals surface area contributed by atoms with Crippen LogP contribution in [0.1, 0.15) is 19.4 Å². The van der Waals surface area contributed by atoms with Crippen LogP contribution < -0.4 is 10.1 Å². The molecule has 0 amide bonds. The SMILES string of the molecule is CC(C)COc1cccc(CNc2ncnc3ccc(S(C)(=O)=O)cc23)c1. The molecule has 0 unspecified atom stereocenters. The summed E-state index contributed by atoms with van der Waals surface area (Å²) < 4.78 is 29.4. The fourth-order valence-electron chi connectivity index (χ4n) is 2.60. The van der Waals surface area contributed by atoms with E-state index in [1.165, 1.54) is 12.6 Å². The van der Waals surface area contributed by atoms with Crippen LogP contribution >= 0.6 is 0 Å². The fourth-order valence-corrected chi connectivity index (χ4v) is 3.25. The smallest absolute Gasteiger partial charge is 0.175 e. The third-order valence-electron chi connectivity index (χ3n) is 3.98. The van der Waals surface area contributed by atoms with Gasteiger partial charge in [0, 0.05) is 18.2 Å². The van der Waals surface area contributed by atoms with Crippen molar-refractivity contribution in [2.75, 3.05) is 18.2 Å². The molecule has 0 bridgehead atoms. The van der Waals surface area contributed by atoms with E-state index in [0.717, 1.165) is 11.3 Å². The maximum atomic E-state index is 11.8. The molecule has 0 spiro atoms. The van der Waals surface area contributed by atoms with Crippen molar-refractivity contribution in [3.8, 4) is 5.75 Å². The second kappa shape index (κ2) is 7.92. The first kappa shape index (κ1) is 19.1. The molecule has 1 aromatic heterocycles. The van der Waals surface area contributed by atoms with Crippen molar-refractivity contribution in [2.24, 2.45) is 5.92 Å². The summed E-state index contributed by atoms with van der Waals surface area (Å²) in [6.45, 7) is 5.42. The molecule has 3 rings (SSSR count). The van der Waals surface area contributed by atoms with E-state index < -0.39 is 9.84 Å². The zero-order valence-corrected chi connectivity index (χ0v) is 16.5. The number of benzene rings is 2. The largest absolute Gasteiger partial charge is 0.493 e. The van der Waals surface area contributed by atoms with Gasteiger partial charge in [-0.3, -0.25) is 0 Å². The Kier molecular flexibility index (Phi) is 5.60. The number of hydrogen-bond donors (Lipinski definition) is 1. The maximum Gasteiger partial charge on any atom is 0.175 e. The van der Waals surface area contributed by atoms with Gasteiger partial charge in [0.15, 0.2) is 9.84 Å². The van der Waals surface area contributed by atoms with Gasteiger partial charge < -0.3 is 10.1 Å². The predicted octanol–water partition coefficient (Wildman–Crippen LogP) is 3.68. The highest BCUT2D eigenvalue weighted by atomic mass is 32.2. The Balaban J connectivity index is 1.82. The van der Waals surface area contributed by atoms with Crippen LogP contribution in [0.4, 0.5) is 5.82 Å². The van der Waals surface area contributed by atoms with E-state index >= 15 is 0 Å². The zero-order chi connectivity index (χ0) is 19.4. The van der Waals surface area contributed by atoms with E-state index in [4.69, 9.17) is 4.74 Å². The molecule has 142 valence electrons. The van der Waals surface area contributed by atoms with Gasteiger partial charge in [-0.2, -0.15) is 0 Å². The Morgan fingerprint density at radius 3 is 2.67 bits per heavy atom. The van der Waals surface area contributed by atoms with Crippen LogP contribution in [0.2, 0.25) is 0 Å². The third kappa shape index (κ3) is 4.95. The van der Waals surface area contributed by atoms with Gasteiger partial charge in [-0.1, -0.05) is 26.0 Å². The van der Waals surface area contributed by atoms with E-state index in [1.54, 1.807) is 18.2 Å². The summed E-state index contributed by atoms with van der Waals surface area (Å²) in [5.74, 6) is 1.89. The molecule has 0 saturated heterocycles. The Hall–Kier alpha value is -2.67. The molecule has 1 N–H and O–H groups in total. The molecule has 0 fully saturated rings. The van der Waals surface area contributed by atoms with Crippen molar-refractivity contribution in [2.45, 2.75) is 25.3 Å². The van der Waals surface area contributed by atoms with Crippen LogP contribution in [0.3, 0.4) is 0 Å². The average Bonchev–Trinajstić information content (AvgIpc) is 2.64. The summed E-state index contributed by atoms with van der Waals surface area (Å²) >= 11 is 0. The summed E-state index contributed by atoms with van der Waals surface area (Å²) in [6, 6.07) is 12.7. The number of sulfone groups is 1. The molecule has 0 atom stereocenters. The molecule has 27 heavy (non-hydrogen) atoms. The monoisotopic (exact) mass is 385 g/mol. The van der Waals surface area contributed by atoms with Gasteiger partial charge in [-0.05, 0) is 41.8 Å². The van der Waals surface area contributed by atoms with E-state index in [9.17, 15) is 8.42 Å². The lowest BCUT2D eigenvalue weighted by Gasteiger charge is -2.12. The summed E-state index contributed by atoms with van der Waals surface area (Å²) in [5, 5.41) is 3.95. The Bertz CT molecular complexity index is 1050. The van der Waals surface area contributed by atoms with Crippen molar-refractivity contribution in [3.63, 3.8) is 0 Å². The number of anilines is 1. The van der Waals surface area contributed by atoms with E-state index in [2.05, 4.69) is 29.1 Å². The first-order valence-electron chi connectivity index (χ1n) is 8.73. The molecule has 0 aliphatic heterocycles. The first-order valence-corrected chi connectivity index (χ1v) is 10.6. The van der Waals surface area contributed by atoms with E-state index in [0.29, 0.717) is 35.8 Å². The van der Waals surface area contributed by atoms with Crippen LogP contribution in [-0.2, 0) is 16.4 Å². The van der Waals surface area contributed by atoms with Crippen molar-refractivity contribution < 1.29 is 13.2 Å². The van der Waals surface area contributed by atoms with Gasteiger partial charge in [0.05, 0.1) is 17.0 Å². The lowest BCUT2D eigenvalue weighted by Crippen LogP contribution is -2.06. The minimum atomic E-state index is -3.30. The minimum Gasteiger partial charge on any atom is -0.493 e. The number of nitrogens with one attached hydrogen (secondary N) is 1. The average molecular weight is 385 g/mol. The normalized spacial score (nSPS) is 11.7. The molecule has 0 radical (unpaired) electrons. The number of aromatic nitrogens is 2. The molecule has 0 saturated carbocycles. The third-order valence-corrected chi connectivity index (χ3v) is 5.09. The van der Waals surface area contributed by atoms with Gasteiger partial charge in [0.1, 0.15) is 17.9 Å². The Morgan fingerprint density at radius 2 is 1.93 bits per heavy atom. The zero-order valence-electron chi connectivity index (χ0n) is 15.6. The van der Waals surface area contributed by atoms with Crippen LogP contribution in [-0.4, -0.2) is 31.2 Å². The van der Waals surface area contributed by atoms with Crippen LogP contribution in [0.15, 0.2) is 53.7 Å². The van der Waals surface area contributed by atoms with Crippen molar-refractivity contribution in [3.05, 3.63) is 54.4 Å². The number of fused-ring (bicyclic) bond motifs is 1. The van der Waals surface area contributed by atoms with Gasteiger partial charge in [0.25, 0.3) is 0 Å². The highest BCUT2D eigenvalue weighted by molar-refractivity contribution is 7.90. The molecular formula is C20H23N3O3S. The van der Waals surface area contributed by atoms with Crippen molar-refractivity contribution in [1.29, 1.82) is 0 Å². The predicted molar refractivity (Wildman–Crippen MR) is 107 cm³/mol. The topological polar surface area (TPSA) is 81.2 Å². The molecule has 0 aliphatic rings. The first-order chi connectivity index (χ1) is 12.8. The number of rotatable bonds is 7. The van der Waals surface area contributed by atoms with E-state index in [-0.39, 0.29) is 4.90 Å². The highest BCUT2D eigenvalue weighted by Crippen LogP contribution is 2.24. The standard InChI is InChI=1S/C20H23N3O3S/c1-14(2)12-26-16-6-4-5-15(9-16)11-21-20-18-10-17(27(3,24)25)7-8-19(18)22-13-23-20/h4-10,13-14H,11-12H2,1-3H3,(H,21,22,23). The molecule has 6 nitrogen and oxygen atoms in total. The van der Waals surface area contributed by atoms with Crippen LogP contribution in [0, 0.1) is 5.92 Å². The molecule has 3 aromatic rings. The quantitative estimate of drug-likeness (QED) is 0.668. The minimum absolute atomic E-state index is 0.247. The van der Waals surface area contributed by atoms with E-state index in [1.807, 2.05) is 24.3 Å². The molecule has 7 heteroatoms. The lowest BCUT2D eigenvalue weighted by molar-refractivity contribution is 0.271. The summed E-state index contributed by atoms with van der Waals surface area (Å²) in [5.41, 5.74) is 1.73.